The predicted molar refractivity (Wildman–Crippen MR) is 245 cm³/mol. The zero-order chi connectivity index (χ0) is 44.5. The molecule has 13 heteroatoms. The summed E-state index contributed by atoms with van der Waals surface area (Å²) in [5.41, 5.74) is 0.589. The number of ketones is 1. The number of hydrogen-bond donors (Lipinski definition) is 2. The second-order valence-electron chi connectivity index (χ2n) is 16.4. The molecule has 2 N–H and O–H groups in total. The molecule has 1 heterocycles. The molecule has 0 saturated carbocycles. The van der Waals surface area contributed by atoms with Crippen LogP contribution in [0.15, 0.2) is 135 Å². The van der Waals surface area contributed by atoms with Crippen molar-refractivity contribution in [2.24, 2.45) is 5.92 Å². The number of amides is 2. The molecule has 61 heavy (non-hydrogen) atoms. The number of β-lactam (4-membered cyclic amide) rings is 1. The van der Waals surface area contributed by atoms with Gasteiger partial charge in [-0.25, -0.2) is 9.59 Å². The maximum absolute atomic E-state index is 15.2. The Morgan fingerprint density at radius 1 is 0.836 bits per heavy atom. The molecule has 4 aromatic rings. The second kappa shape index (κ2) is 19.7. The molecule has 1 aliphatic heterocycles. The number of Topliss-reactive ketones (excluding diaryl/α,β-unsaturated/α-hetero) is 1. The van der Waals surface area contributed by atoms with Crippen LogP contribution in [0.2, 0.25) is 18.1 Å². The number of carboxylic acids is 1. The topological polar surface area (TPSA) is 149 Å². The number of esters is 1. The van der Waals surface area contributed by atoms with E-state index in [9.17, 15) is 19.5 Å². The summed E-state index contributed by atoms with van der Waals surface area (Å²) in [7, 11) is -2.48. The number of carboxylic acid groups (broad SMARTS) is 1. The summed E-state index contributed by atoms with van der Waals surface area (Å²) in [6.45, 7) is 16.2. The smallest absolute Gasteiger partial charge is 0.411 e. The van der Waals surface area contributed by atoms with Gasteiger partial charge in [-0.15, -0.1) is 0 Å². The van der Waals surface area contributed by atoms with Gasteiger partial charge in [0, 0.05) is 24.6 Å². The van der Waals surface area contributed by atoms with Crippen LogP contribution in [0.4, 0.5) is 10.5 Å². The lowest BCUT2D eigenvalue weighted by molar-refractivity contribution is -0.156. The molecule has 0 bridgehead atoms. The Labute approximate surface area is 359 Å². The predicted octanol–water partition coefficient (Wildman–Crippen LogP) is 7.71. The van der Waals surface area contributed by atoms with Gasteiger partial charge in [0.25, 0.3) is 0 Å². The van der Waals surface area contributed by atoms with Crippen molar-refractivity contribution in [1.29, 1.82) is 0 Å². The monoisotopic (exact) mass is 862 g/mol. The average molecular weight is 863 g/mol. The Hall–Kier alpha value is -5.81. The van der Waals surface area contributed by atoms with E-state index < -0.39 is 63.5 Å². The second-order valence-corrected chi connectivity index (χ2v) is 24.4. The number of hydrogen-bond acceptors (Lipinski definition) is 8. The first-order valence-corrected chi connectivity index (χ1v) is 24.8. The molecular formula is C48H55N2O9PSi. The molecule has 0 aromatic heterocycles. The van der Waals surface area contributed by atoms with E-state index in [0.29, 0.717) is 0 Å². The van der Waals surface area contributed by atoms with Crippen molar-refractivity contribution in [1.82, 2.24) is 4.90 Å². The zero-order valence-corrected chi connectivity index (χ0v) is 37.5. The summed E-state index contributed by atoms with van der Waals surface area (Å²) >= 11 is 0. The molecule has 4 aromatic carbocycles. The maximum Gasteiger partial charge on any atom is 0.411 e. The van der Waals surface area contributed by atoms with E-state index in [4.69, 9.17) is 13.9 Å². The number of aliphatic carboxylic acids is 1. The van der Waals surface area contributed by atoms with Gasteiger partial charge in [0.05, 0.1) is 24.5 Å². The van der Waals surface area contributed by atoms with Crippen molar-refractivity contribution in [2.75, 3.05) is 18.5 Å². The Morgan fingerprint density at radius 3 is 1.82 bits per heavy atom. The summed E-state index contributed by atoms with van der Waals surface area (Å²) < 4.78 is 17.9. The van der Waals surface area contributed by atoms with E-state index in [2.05, 4.69) is 52.3 Å². The lowest BCUT2D eigenvalue weighted by atomic mass is 9.79. The van der Waals surface area contributed by atoms with Crippen LogP contribution in [0.1, 0.15) is 50.0 Å². The molecule has 0 aliphatic carbocycles. The minimum absolute atomic E-state index is 0.0810. The largest absolute Gasteiger partial charge is 0.481 e. The normalized spacial score (nSPS) is 15.8. The number of benzene rings is 4. The van der Waals surface area contributed by atoms with Gasteiger partial charge in [-0.3, -0.25) is 19.7 Å². The summed E-state index contributed by atoms with van der Waals surface area (Å²) in [5, 5.41) is 14.4. The lowest BCUT2D eigenvalue weighted by Crippen LogP contribution is -2.69. The van der Waals surface area contributed by atoms with Crippen molar-refractivity contribution in [3.05, 3.63) is 146 Å². The van der Waals surface area contributed by atoms with E-state index in [-0.39, 0.29) is 52.8 Å². The van der Waals surface area contributed by atoms with E-state index in [1.165, 1.54) is 35.3 Å². The van der Waals surface area contributed by atoms with Gasteiger partial charge in [-0.1, -0.05) is 149 Å². The number of rotatable bonds is 18. The Bertz CT molecular complexity index is 2220. The Morgan fingerprint density at radius 2 is 1.34 bits per heavy atom. The number of ether oxygens (including phenoxy) is 2. The Kier molecular flexibility index (Phi) is 14.9. The van der Waals surface area contributed by atoms with Crippen LogP contribution >= 0.6 is 6.89 Å². The molecule has 3 unspecified atom stereocenters. The molecule has 0 radical (unpaired) electrons. The summed E-state index contributed by atoms with van der Waals surface area (Å²) in [6.07, 6.45) is 0.655. The molecular weight excluding hydrogens is 808 g/mol. The Balaban J connectivity index is 1.79. The number of carbonyl (C=O) groups excluding carboxylic acids is 4. The van der Waals surface area contributed by atoms with Crippen LogP contribution in [0.5, 0.6) is 0 Å². The highest BCUT2D eigenvalue weighted by atomic mass is 31.2. The first-order valence-electron chi connectivity index (χ1n) is 20.1. The lowest BCUT2D eigenvalue weighted by Gasteiger charge is -2.53. The van der Waals surface area contributed by atoms with Crippen LogP contribution in [-0.4, -0.2) is 78.8 Å². The van der Waals surface area contributed by atoms with Gasteiger partial charge in [0.2, 0.25) is 5.91 Å². The summed E-state index contributed by atoms with van der Waals surface area (Å²) in [5.74, 6) is -3.52. The van der Waals surface area contributed by atoms with Crippen LogP contribution in [-0.2, 0) is 34.7 Å². The first kappa shape index (κ1) is 46.3. The van der Waals surface area contributed by atoms with Crippen molar-refractivity contribution in [3.8, 4) is 0 Å². The summed E-state index contributed by atoms with van der Waals surface area (Å²) in [4.78, 5) is 70.9. The molecule has 5 rings (SSSR count). The third kappa shape index (κ3) is 10.0. The number of anilines is 1. The standard InChI is InChI=1S/C48H55N2O9PSi/c1-9-28-57-46(55)45(60(36-20-14-11-15-21-36,37-22-16-12-17-23-37)38-24-18-13-19-25-38)50-40(43(44(50)54)33(3)59-61(7,8)48(4,5)6)32-41(51)35-27-26-34(31-42(52)53)39(30-35)49-47(56)58-29-10-2/h9-27,30,33,40,43H,1-2,28-29,31-32H2,3-8H3,(H,49,56)(H,52,53). The fraction of sp³-hybridized carbons (Fsp3) is 0.292. The van der Waals surface area contributed by atoms with Gasteiger partial charge < -0.3 is 23.9 Å². The number of likely N-dealkylation sites (tertiary alicyclic amines) is 1. The van der Waals surface area contributed by atoms with Gasteiger partial charge in [0.15, 0.2) is 14.1 Å². The van der Waals surface area contributed by atoms with Crippen LogP contribution < -0.4 is 21.2 Å². The van der Waals surface area contributed by atoms with Crippen LogP contribution in [0.25, 0.3) is 0 Å². The van der Waals surface area contributed by atoms with Gasteiger partial charge in [-0.05, 0) is 52.6 Å². The molecule has 1 aliphatic rings. The fourth-order valence-electron chi connectivity index (χ4n) is 7.41. The SMILES string of the molecule is C=CCOC(=O)Nc1cc(C(=O)CC2C(C(C)O[Si](C)(C)C(C)(C)C)C(=O)N2C(C(=O)OCC=C)=P(c2ccccc2)(c2ccccc2)c2ccccc2)ccc1CC(=O)O. The minimum atomic E-state index is -3.30. The summed E-state index contributed by atoms with van der Waals surface area (Å²) in [6, 6.07) is 32.2. The van der Waals surface area contributed by atoms with Crippen molar-refractivity contribution in [2.45, 2.75) is 70.8 Å². The van der Waals surface area contributed by atoms with E-state index >= 15 is 9.59 Å². The highest BCUT2D eigenvalue weighted by Crippen LogP contribution is 2.51. The van der Waals surface area contributed by atoms with Gasteiger partial charge in [-0.2, -0.15) is 0 Å². The highest BCUT2D eigenvalue weighted by Gasteiger charge is 2.57. The van der Waals surface area contributed by atoms with E-state index in [1.807, 2.05) is 97.9 Å². The molecule has 0 spiro atoms. The average Bonchev–Trinajstić information content (AvgIpc) is 3.22. The minimum Gasteiger partial charge on any atom is -0.481 e. The third-order valence-electron chi connectivity index (χ3n) is 11.3. The third-order valence-corrected chi connectivity index (χ3v) is 20.1. The number of nitrogens with one attached hydrogen (secondary N) is 1. The first-order chi connectivity index (χ1) is 29.0. The number of nitrogens with zero attached hydrogens (tertiary/aromatic N) is 1. The van der Waals surface area contributed by atoms with Crippen LogP contribution in [0, 0.1) is 5.92 Å². The fourth-order valence-corrected chi connectivity index (χ4v) is 13.2. The van der Waals surface area contributed by atoms with Crippen molar-refractivity contribution < 1.29 is 43.0 Å². The van der Waals surface area contributed by atoms with Crippen LogP contribution in [0.3, 0.4) is 0 Å². The van der Waals surface area contributed by atoms with Gasteiger partial charge >= 0.3 is 18.0 Å². The van der Waals surface area contributed by atoms with E-state index in [1.54, 1.807) is 0 Å². The molecule has 2 amide bonds. The molecule has 1 saturated heterocycles. The highest BCUT2D eigenvalue weighted by molar-refractivity contribution is 7.96. The maximum atomic E-state index is 15.2. The molecule has 1 fully saturated rings. The zero-order valence-electron chi connectivity index (χ0n) is 35.6. The molecule has 320 valence electrons. The number of carbonyl (C=O) groups is 5. The molecule has 3 atom stereocenters. The van der Waals surface area contributed by atoms with Crippen molar-refractivity contribution in [3.63, 3.8) is 0 Å². The quantitative estimate of drug-likeness (QED) is 0.0256. The van der Waals surface area contributed by atoms with Crippen molar-refractivity contribution >= 4 is 71.9 Å². The molecule has 11 nitrogen and oxygen atoms in total. The van der Waals surface area contributed by atoms with E-state index in [0.717, 1.165) is 15.9 Å². The van der Waals surface area contributed by atoms with Gasteiger partial charge in [0.1, 0.15) is 18.6 Å².